The van der Waals surface area contributed by atoms with Gasteiger partial charge in [0.15, 0.2) is 0 Å². The van der Waals surface area contributed by atoms with Crippen LogP contribution in [0.25, 0.3) is 0 Å². The standard InChI is InChI=1S/C11H16BrNO2/c1-3-14-9-4-5-11(10(12)8-9)15-7-6-13-2/h4-5,8,13H,3,6-7H2,1-2H3. The highest BCUT2D eigenvalue weighted by Gasteiger charge is 2.02. The smallest absolute Gasteiger partial charge is 0.133 e. The maximum atomic E-state index is 5.55. The minimum absolute atomic E-state index is 0.656. The van der Waals surface area contributed by atoms with Crippen LogP contribution >= 0.6 is 15.9 Å². The Labute approximate surface area is 98.9 Å². The number of nitrogens with one attached hydrogen (secondary N) is 1. The van der Waals surface area contributed by atoms with Crippen molar-refractivity contribution in [3.05, 3.63) is 22.7 Å². The van der Waals surface area contributed by atoms with Crippen molar-refractivity contribution >= 4 is 15.9 Å². The Hall–Kier alpha value is -0.740. The fraction of sp³-hybridized carbons (Fsp3) is 0.455. The lowest BCUT2D eigenvalue weighted by Crippen LogP contribution is -2.16. The molecule has 84 valence electrons. The largest absolute Gasteiger partial charge is 0.494 e. The topological polar surface area (TPSA) is 30.5 Å². The van der Waals surface area contributed by atoms with Gasteiger partial charge in [-0.1, -0.05) is 0 Å². The Morgan fingerprint density at radius 1 is 1.33 bits per heavy atom. The summed E-state index contributed by atoms with van der Waals surface area (Å²) in [4.78, 5) is 0. The van der Waals surface area contributed by atoms with Crippen molar-refractivity contribution in [1.29, 1.82) is 0 Å². The second-order valence-corrected chi connectivity index (χ2v) is 3.83. The third kappa shape index (κ3) is 4.10. The van der Waals surface area contributed by atoms with Gasteiger partial charge < -0.3 is 14.8 Å². The SMILES string of the molecule is CCOc1ccc(OCCNC)c(Br)c1. The minimum Gasteiger partial charge on any atom is -0.494 e. The van der Waals surface area contributed by atoms with Crippen LogP contribution in [0, 0.1) is 0 Å². The summed E-state index contributed by atoms with van der Waals surface area (Å²) in [6, 6.07) is 5.73. The summed E-state index contributed by atoms with van der Waals surface area (Å²) >= 11 is 3.44. The molecule has 0 saturated carbocycles. The molecule has 0 aliphatic carbocycles. The summed E-state index contributed by atoms with van der Waals surface area (Å²) in [6.45, 7) is 4.13. The monoisotopic (exact) mass is 273 g/mol. The summed E-state index contributed by atoms with van der Waals surface area (Å²) in [5.74, 6) is 1.69. The Bertz CT molecular complexity index is 305. The molecule has 0 heterocycles. The zero-order valence-corrected chi connectivity index (χ0v) is 10.6. The normalized spacial score (nSPS) is 10.1. The van der Waals surface area contributed by atoms with Crippen molar-refractivity contribution in [1.82, 2.24) is 5.32 Å². The Morgan fingerprint density at radius 3 is 2.73 bits per heavy atom. The first-order valence-corrected chi connectivity index (χ1v) is 5.77. The number of ether oxygens (including phenoxy) is 2. The molecular formula is C11H16BrNO2. The first-order chi connectivity index (χ1) is 7.27. The van der Waals surface area contributed by atoms with E-state index in [4.69, 9.17) is 9.47 Å². The van der Waals surface area contributed by atoms with E-state index in [9.17, 15) is 0 Å². The fourth-order valence-corrected chi connectivity index (χ4v) is 1.59. The van der Waals surface area contributed by atoms with Gasteiger partial charge in [0, 0.05) is 6.54 Å². The van der Waals surface area contributed by atoms with Gasteiger partial charge in [-0.3, -0.25) is 0 Å². The molecule has 0 atom stereocenters. The van der Waals surface area contributed by atoms with Gasteiger partial charge in [0.2, 0.25) is 0 Å². The summed E-state index contributed by atoms with van der Waals surface area (Å²) in [5.41, 5.74) is 0. The molecule has 0 bridgehead atoms. The van der Waals surface area contributed by atoms with Gasteiger partial charge in [0.05, 0.1) is 11.1 Å². The molecule has 0 amide bonds. The summed E-state index contributed by atoms with van der Waals surface area (Å²) < 4.78 is 11.8. The van der Waals surface area contributed by atoms with Crippen molar-refractivity contribution in [2.45, 2.75) is 6.92 Å². The Balaban J connectivity index is 2.58. The van der Waals surface area contributed by atoms with Gasteiger partial charge in [0.25, 0.3) is 0 Å². The van der Waals surface area contributed by atoms with E-state index in [1.807, 2.05) is 32.2 Å². The second-order valence-electron chi connectivity index (χ2n) is 2.98. The third-order valence-electron chi connectivity index (χ3n) is 1.82. The highest BCUT2D eigenvalue weighted by atomic mass is 79.9. The molecule has 0 aromatic heterocycles. The molecule has 1 N–H and O–H groups in total. The predicted octanol–water partition coefficient (Wildman–Crippen LogP) is 2.45. The molecular weight excluding hydrogens is 258 g/mol. The molecule has 0 spiro atoms. The summed E-state index contributed by atoms with van der Waals surface area (Å²) in [6.07, 6.45) is 0. The molecule has 15 heavy (non-hydrogen) atoms. The zero-order valence-electron chi connectivity index (χ0n) is 9.05. The van der Waals surface area contributed by atoms with Gasteiger partial charge in [0.1, 0.15) is 18.1 Å². The number of likely N-dealkylation sites (N-methyl/N-ethyl adjacent to an activating group) is 1. The van der Waals surface area contributed by atoms with Crippen molar-refractivity contribution in [2.75, 3.05) is 26.8 Å². The molecule has 0 unspecified atom stereocenters. The van der Waals surface area contributed by atoms with Crippen LogP contribution in [0.3, 0.4) is 0 Å². The van der Waals surface area contributed by atoms with E-state index in [-0.39, 0.29) is 0 Å². The molecule has 1 aromatic carbocycles. The lowest BCUT2D eigenvalue weighted by Gasteiger charge is -2.09. The van der Waals surface area contributed by atoms with Crippen LogP contribution in [0.15, 0.2) is 22.7 Å². The van der Waals surface area contributed by atoms with Gasteiger partial charge in [-0.15, -0.1) is 0 Å². The first-order valence-electron chi connectivity index (χ1n) is 4.97. The maximum absolute atomic E-state index is 5.55. The molecule has 0 aliphatic heterocycles. The first kappa shape index (κ1) is 12.3. The van der Waals surface area contributed by atoms with Crippen molar-refractivity contribution in [2.24, 2.45) is 0 Å². The van der Waals surface area contributed by atoms with Gasteiger partial charge in [-0.05, 0) is 48.1 Å². The predicted molar refractivity (Wildman–Crippen MR) is 64.7 cm³/mol. The third-order valence-corrected chi connectivity index (χ3v) is 2.44. The molecule has 0 aliphatic rings. The van der Waals surface area contributed by atoms with Crippen LogP contribution in [0.1, 0.15) is 6.92 Å². The number of halogens is 1. The molecule has 0 fully saturated rings. The molecule has 1 aromatic rings. The van der Waals surface area contributed by atoms with E-state index in [1.54, 1.807) is 0 Å². The lowest BCUT2D eigenvalue weighted by molar-refractivity contribution is 0.313. The van der Waals surface area contributed by atoms with Gasteiger partial charge in [-0.2, -0.15) is 0 Å². The summed E-state index contributed by atoms with van der Waals surface area (Å²) in [7, 11) is 1.90. The highest BCUT2D eigenvalue weighted by Crippen LogP contribution is 2.29. The molecule has 4 heteroatoms. The fourth-order valence-electron chi connectivity index (χ4n) is 1.12. The van der Waals surface area contributed by atoms with Crippen molar-refractivity contribution < 1.29 is 9.47 Å². The van der Waals surface area contributed by atoms with E-state index in [1.165, 1.54) is 0 Å². The van der Waals surface area contributed by atoms with Gasteiger partial charge in [-0.25, -0.2) is 0 Å². The van der Waals surface area contributed by atoms with Gasteiger partial charge >= 0.3 is 0 Å². The van der Waals surface area contributed by atoms with Crippen LogP contribution < -0.4 is 14.8 Å². The molecule has 1 rings (SSSR count). The Kier molecular flexibility index (Phi) is 5.50. The van der Waals surface area contributed by atoms with E-state index in [2.05, 4.69) is 21.2 Å². The number of benzene rings is 1. The van der Waals surface area contributed by atoms with Crippen LogP contribution in [-0.4, -0.2) is 26.8 Å². The number of hydrogen-bond acceptors (Lipinski definition) is 3. The molecule has 0 saturated heterocycles. The van der Waals surface area contributed by atoms with Crippen LogP contribution in [0.4, 0.5) is 0 Å². The average Bonchev–Trinajstić information content (AvgIpc) is 2.22. The van der Waals surface area contributed by atoms with E-state index in [0.29, 0.717) is 13.2 Å². The van der Waals surface area contributed by atoms with E-state index < -0.39 is 0 Å². The van der Waals surface area contributed by atoms with Crippen molar-refractivity contribution in [3.63, 3.8) is 0 Å². The zero-order chi connectivity index (χ0) is 11.1. The lowest BCUT2D eigenvalue weighted by atomic mass is 10.3. The molecule has 3 nitrogen and oxygen atoms in total. The summed E-state index contributed by atoms with van der Waals surface area (Å²) in [5, 5.41) is 3.02. The number of hydrogen-bond donors (Lipinski definition) is 1. The highest BCUT2D eigenvalue weighted by molar-refractivity contribution is 9.10. The number of rotatable bonds is 6. The average molecular weight is 274 g/mol. The Morgan fingerprint density at radius 2 is 2.13 bits per heavy atom. The van der Waals surface area contributed by atoms with E-state index >= 15 is 0 Å². The second kappa shape index (κ2) is 6.69. The van der Waals surface area contributed by atoms with Crippen LogP contribution in [0.2, 0.25) is 0 Å². The van der Waals surface area contributed by atoms with Crippen molar-refractivity contribution in [3.8, 4) is 11.5 Å². The van der Waals surface area contributed by atoms with E-state index in [0.717, 1.165) is 22.5 Å². The van der Waals surface area contributed by atoms with Crippen LogP contribution in [-0.2, 0) is 0 Å². The molecule has 0 radical (unpaired) electrons. The minimum atomic E-state index is 0.656. The maximum Gasteiger partial charge on any atom is 0.133 e. The quantitative estimate of drug-likeness (QED) is 0.808. The van der Waals surface area contributed by atoms with Crippen LogP contribution in [0.5, 0.6) is 11.5 Å².